The molecule has 7 heteroatoms. The van der Waals surface area contributed by atoms with Crippen LogP contribution in [-0.4, -0.2) is 48.1 Å². The van der Waals surface area contributed by atoms with E-state index < -0.39 is 24.0 Å². The van der Waals surface area contributed by atoms with Crippen molar-refractivity contribution in [3.05, 3.63) is 0 Å². The number of aliphatic carboxylic acids is 1. The highest BCUT2D eigenvalue weighted by Crippen LogP contribution is 1.90. The molecule has 0 bridgehead atoms. The predicted octanol–water partition coefficient (Wildman–Crippen LogP) is -2.34. The number of piperazine rings is 1. The van der Waals surface area contributed by atoms with Gasteiger partial charge in [0.2, 0.25) is 11.8 Å². The average molecular weight is 215 g/mol. The zero-order chi connectivity index (χ0) is 11.4. The molecule has 1 aliphatic heterocycles. The van der Waals surface area contributed by atoms with Crippen LogP contribution in [0.2, 0.25) is 0 Å². The van der Waals surface area contributed by atoms with Gasteiger partial charge in [-0.05, 0) is 6.92 Å². The molecule has 0 saturated carbocycles. The van der Waals surface area contributed by atoms with Gasteiger partial charge in [0.25, 0.3) is 0 Å². The topological polar surface area (TPSA) is 108 Å². The van der Waals surface area contributed by atoms with Gasteiger partial charge in [-0.25, -0.2) is 0 Å². The van der Waals surface area contributed by atoms with Crippen molar-refractivity contribution < 1.29 is 19.5 Å². The van der Waals surface area contributed by atoms with Gasteiger partial charge in [0.05, 0.1) is 6.54 Å². The monoisotopic (exact) mass is 215 g/mol. The van der Waals surface area contributed by atoms with Gasteiger partial charge in [-0.1, -0.05) is 0 Å². The summed E-state index contributed by atoms with van der Waals surface area (Å²) in [4.78, 5) is 32.7. The van der Waals surface area contributed by atoms with Crippen molar-refractivity contribution in [3.8, 4) is 0 Å². The number of amides is 2. The lowest BCUT2D eigenvalue weighted by molar-refractivity contribution is -0.141. The van der Waals surface area contributed by atoms with E-state index in [4.69, 9.17) is 5.11 Å². The molecule has 2 amide bonds. The quantitative estimate of drug-likeness (QED) is 0.422. The van der Waals surface area contributed by atoms with Crippen LogP contribution in [0.15, 0.2) is 0 Å². The van der Waals surface area contributed by atoms with Crippen LogP contribution in [0.25, 0.3) is 0 Å². The Labute approximate surface area is 86.2 Å². The second-order valence-corrected chi connectivity index (χ2v) is 3.31. The van der Waals surface area contributed by atoms with Crippen molar-refractivity contribution in [2.24, 2.45) is 0 Å². The van der Waals surface area contributed by atoms with Crippen molar-refractivity contribution in [2.45, 2.75) is 19.0 Å². The molecule has 1 aliphatic rings. The van der Waals surface area contributed by atoms with Crippen LogP contribution in [0.3, 0.4) is 0 Å². The van der Waals surface area contributed by atoms with Crippen molar-refractivity contribution in [2.75, 3.05) is 13.1 Å². The summed E-state index contributed by atoms with van der Waals surface area (Å²) in [6.45, 7) is 1.62. The molecule has 7 nitrogen and oxygen atoms in total. The fourth-order valence-electron chi connectivity index (χ4n) is 1.13. The lowest BCUT2D eigenvalue weighted by atomic mass is 10.2. The molecule has 0 spiro atoms. The standard InChI is InChI=1S/C8H13N3O4/c1-4(8(14)15)11-7(13)5-2-10-6(12)3-9-5/h4-5,9H,2-3H2,1H3,(H,10,12)(H,11,13)(H,14,15). The molecule has 0 aromatic heterocycles. The first-order chi connectivity index (χ1) is 7.00. The summed E-state index contributed by atoms with van der Waals surface area (Å²) in [5, 5.41) is 16.1. The molecule has 0 radical (unpaired) electrons. The first-order valence-corrected chi connectivity index (χ1v) is 4.54. The molecule has 1 rings (SSSR count). The molecule has 0 aromatic carbocycles. The third kappa shape index (κ3) is 3.21. The number of nitrogens with one attached hydrogen (secondary N) is 3. The van der Waals surface area contributed by atoms with Crippen molar-refractivity contribution in [3.63, 3.8) is 0 Å². The van der Waals surface area contributed by atoms with Crippen LogP contribution in [-0.2, 0) is 14.4 Å². The summed E-state index contributed by atoms with van der Waals surface area (Å²) < 4.78 is 0. The molecule has 2 atom stereocenters. The fourth-order valence-corrected chi connectivity index (χ4v) is 1.13. The van der Waals surface area contributed by atoms with E-state index in [-0.39, 0.29) is 19.0 Å². The number of carboxylic acids is 1. The summed E-state index contributed by atoms with van der Waals surface area (Å²) in [7, 11) is 0. The highest BCUT2D eigenvalue weighted by molar-refractivity contribution is 5.89. The second kappa shape index (κ2) is 4.74. The zero-order valence-corrected chi connectivity index (χ0v) is 8.24. The Morgan fingerprint density at radius 1 is 1.60 bits per heavy atom. The number of hydrogen-bond donors (Lipinski definition) is 4. The van der Waals surface area contributed by atoms with Gasteiger partial charge < -0.3 is 15.7 Å². The summed E-state index contributed by atoms with van der Waals surface area (Å²) in [6, 6.07) is -1.50. The maximum Gasteiger partial charge on any atom is 0.325 e. The highest BCUT2D eigenvalue weighted by Gasteiger charge is 2.25. The van der Waals surface area contributed by atoms with E-state index in [9.17, 15) is 14.4 Å². The summed E-state index contributed by atoms with van der Waals surface area (Å²) in [5.74, 6) is -1.70. The number of rotatable bonds is 3. The van der Waals surface area contributed by atoms with Gasteiger partial charge >= 0.3 is 5.97 Å². The number of carbonyl (C=O) groups excluding carboxylic acids is 2. The predicted molar refractivity (Wildman–Crippen MR) is 50.0 cm³/mol. The molecule has 4 N–H and O–H groups in total. The van der Waals surface area contributed by atoms with Gasteiger partial charge in [0.1, 0.15) is 12.1 Å². The van der Waals surface area contributed by atoms with Crippen LogP contribution in [0, 0.1) is 0 Å². The Kier molecular flexibility index (Phi) is 3.62. The highest BCUT2D eigenvalue weighted by atomic mass is 16.4. The van der Waals surface area contributed by atoms with Gasteiger partial charge in [-0.3, -0.25) is 19.7 Å². The van der Waals surface area contributed by atoms with E-state index in [0.29, 0.717) is 0 Å². The average Bonchev–Trinajstić information content (AvgIpc) is 2.18. The summed E-state index contributed by atoms with van der Waals surface area (Å²) in [5.41, 5.74) is 0. The lowest BCUT2D eigenvalue weighted by Crippen LogP contribution is -2.59. The molecule has 2 unspecified atom stereocenters. The third-order valence-corrected chi connectivity index (χ3v) is 2.06. The van der Waals surface area contributed by atoms with E-state index in [2.05, 4.69) is 16.0 Å². The Balaban J connectivity index is 2.40. The Morgan fingerprint density at radius 2 is 2.27 bits per heavy atom. The molecule has 1 heterocycles. The summed E-state index contributed by atoms with van der Waals surface area (Å²) >= 11 is 0. The number of hydrogen-bond acceptors (Lipinski definition) is 4. The zero-order valence-electron chi connectivity index (χ0n) is 8.24. The van der Waals surface area contributed by atoms with Crippen LogP contribution >= 0.6 is 0 Å². The molecule has 84 valence electrons. The van der Waals surface area contributed by atoms with Crippen LogP contribution in [0.4, 0.5) is 0 Å². The van der Waals surface area contributed by atoms with E-state index in [1.54, 1.807) is 0 Å². The van der Waals surface area contributed by atoms with Crippen molar-refractivity contribution >= 4 is 17.8 Å². The van der Waals surface area contributed by atoms with Crippen molar-refractivity contribution in [1.82, 2.24) is 16.0 Å². The first-order valence-electron chi connectivity index (χ1n) is 4.54. The minimum atomic E-state index is -1.09. The van der Waals surface area contributed by atoms with E-state index >= 15 is 0 Å². The van der Waals surface area contributed by atoms with Gasteiger partial charge in [-0.2, -0.15) is 0 Å². The molecule has 1 saturated heterocycles. The molecular formula is C8H13N3O4. The van der Waals surface area contributed by atoms with Crippen molar-refractivity contribution in [1.29, 1.82) is 0 Å². The minimum Gasteiger partial charge on any atom is -0.480 e. The second-order valence-electron chi connectivity index (χ2n) is 3.31. The van der Waals surface area contributed by atoms with E-state index in [1.807, 2.05) is 0 Å². The molecule has 0 aliphatic carbocycles. The van der Waals surface area contributed by atoms with Gasteiger partial charge in [0, 0.05) is 6.54 Å². The van der Waals surface area contributed by atoms with Gasteiger partial charge in [-0.15, -0.1) is 0 Å². The Hall–Kier alpha value is -1.63. The largest absolute Gasteiger partial charge is 0.480 e. The van der Waals surface area contributed by atoms with E-state index in [0.717, 1.165) is 0 Å². The summed E-state index contributed by atoms with van der Waals surface area (Å²) in [6.07, 6.45) is 0. The third-order valence-electron chi connectivity index (χ3n) is 2.06. The number of carbonyl (C=O) groups is 3. The normalized spacial score (nSPS) is 22.7. The van der Waals surface area contributed by atoms with Gasteiger partial charge in [0.15, 0.2) is 0 Å². The molecule has 0 aromatic rings. The smallest absolute Gasteiger partial charge is 0.325 e. The first kappa shape index (κ1) is 11.4. The maximum absolute atomic E-state index is 11.4. The SMILES string of the molecule is CC(NC(=O)C1CNC(=O)CN1)C(=O)O. The molecule has 1 fully saturated rings. The molecular weight excluding hydrogens is 202 g/mol. The molecule has 15 heavy (non-hydrogen) atoms. The fraction of sp³-hybridized carbons (Fsp3) is 0.625. The Bertz CT molecular complexity index is 282. The van der Waals surface area contributed by atoms with Crippen LogP contribution in [0.5, 0.6) is 0 Å². The van der Waals surface area contributed by atoms with E-state index in [1.165, 1.54) is 6.92 Å². The Morgan fingerprint density at radius 3 is 2.73 bits per heavy atom. The van der Waals surface area contributed by atoms with Crippen LogP contribution < -0.4 is 16.0 Å². The lowest BCUT2D eigenvalue weighted by Gasteiger charge is -2.23. The van der Waals surface area contributed by atoms with Crippen LogP contribution in [0.1, 0.15) is 6.92 Å². The minimum absolute atomic E-state index is 0.0690. The number of carboxylic acid groups (broad SMARTS) is 1. The maximum atomic E-state index is 11.4.